The van der Waals surface area contributed by atoms with E-state index in [9.17, 15) is 19.7 Å². The lowest BCUT2D eigenvalue weighted by molar-refractivity contribution is -0.385. The number of imide groups is 1. The van der Waals surface area contributed by atoms with E-state index in [2.05, 4.69) is 17.3 Å². The quantitative estimate of drug-likeness (QED) is 0.254. The molecule has 2 fully saturated rings. The zero-order valence-electron chi connectivity index (χ0n) is 16.2. The highest BCUT2D eigenvalue weighted by atomic mass is 16.6. The molecule has 1 saturated heterocycles. The third-order valence-electron chi connectivity index (χ3n) is 6.35. The van der Waals surface area contributed by atoms with E-state index in [-0.39, 0.29) is 41.2 Å². The van der Waals surface area contributed by atoms with Crippen LogP contribution in [-0.4, -0.2) is 28.0 Å². The van der Waals surface area contributed by atoms with Crippen LogP contribution in [0, 0.1) is 40.7 Å². The monoisotopic (exact) mass is 405 g/mol. The minimum absolute atomic E-state index is 0.0122. The van der Waals surface area contributed by atoms with Crippen molar-refractivity contribution in [3.63, 3.8) is 0 Å². The van der Waals surface area contributed by atoms with Gasteiger partial charge in [0.05, 0.1) is 23.0 Å². The van der Waals surface area contributed by atoms with Crippen molar-refractivity contribution >= 4 is 23.7 Å². The first kappa shape index (κ1) is 18.5. The number of benzene rings is 1. The molecule has 4 aliphatic rings. The van der Waals surface area contributed by atoms with Gasteiger partial charge in [-0.15, -0.1) is 0 Å². The Morgan fingerprint density at radius 1 is 1.10 bits per heavy atom. The lowest BCUT2D eigenvalue weighted by Crippen LogP contribution is -2.38. The van der Waals surface area contributed by atoms with Gasteiger partial charge in [-0.1, -0.05) is 24.3 Å². The average molecular weight is 405 g/mol. The van der Waals surface area contributed by atoms with E-state index >= 15 is 0 Å². The third-order valence-corrected chi connectivity index (χ3v) is 6.35. The van der Waals surface area contributed by atoms with Crippen LogP contribution in [-0.2, 0) is 9.59 Å². The number of allylic oxidation sites excluding steroid dienone is 2. The van der Waals surface area contributed by atoms with Crippen molar-refractivity contribution in [3.8, 4) is 11.3 Å². The smallest absolute Gasteiger partial charge is 0.273 e. The number of furan rings is 1. The van der Waals surface area contributed by atoms with Gasteiger partial charge < -0.3 is 4.42 Å². The summed E-state index contributed by atoms with van der Waals surface area (Å²) in [4.78, 5) is 36.3. The number of nitrogens with zero attached hydrogens (tertiary/aromatic N) is 3. The maximum absolute atomic E-state index is 12.8. The van der Waals surface area contributed by atoms with Gasteiger partial charge in [0.2, 0.25) is 0 Å². The number of nitro groups is 1. The summed E-state index contributed by atoms with van der Waals surface area (Å²) < 4.78 is 5.71. The molecule has 0 radical (unpaired) electrons. The average Bonchev–Trinajstić information content (AvgIpc) is 3.32. The first-order chi connectivity index (χ1) is 14.4. The Morgan fingerprint density at radius 2 is 1.77 bits per heavy atom. The Balaban J connectivity index is 1.37. The van der Waals surface area contributed by atoms with Crippen LogP contribution in [0.1, 0.15) is 24.2 Å². The normalized spacial score (nSPS) is 27.3. The maximum atomic E-state index is 12.8. The molecule has 2 aromatic rings. The molecule has 1 saturated carbocycles. The third kappa shape index (κ3) is 2.79. The zero-order valence-corrected chi connectivity index (χ0v) is 16.2. The first-order valence-electron chi connectivity index (χ1n) is 9.89. The van der Waals surface area contributed by atoms with Crippen LogP contribution in [0.15, 0.2) is 52.0 Å². The topological polar surface area (TPSA) is 106 Å². The van der Waals surface area contributed by atoms with E-state index in [1.807, 2.05) is 0 Å². The summed E-state index contributed by atoms with van der Waals surface area (Å²) in [7, 11) is 0. The largest absolute Gasteiger partial charge is 0.455 e. The minimum atomic E-state index is -0.434. The molecule has 152 valence electrons. The molecule has 30 heavy (non-hydrogen) atoms. The summed E-state index contributed by atoms with van der Waals surface area (Å²) in [6.45, 7) is 1.67. The second kappa shape index (κ2) is 6.76. The Labute approximate surface area is 172 Å². The number of aryl methyl sites for hydroxylation is 1. The van der Waals surface area contributed by atoms with Crippen LogP contribution >= 0.6 is 0 Å². The van der Waals surface area contributed by atoms with Gasteiger partial charge >= 0.3 is 0 Å². The number of fused-ring (bicyclic) bond motifs is 1. The van der Waals surface area contributed by atoms with Crippen LogP contribution in [0.25, 0.3) is 11.3 Å². The molecule has 1 aromatic carbocycles. The molecule has 4 atom stereocenters. The van der Waals surface area contributed by atoms with E-state index in [0.29, 0.717) is 22.6 Å². The van der Waals surface area contributed by atoms with Gasteiger partial charge in [0.1, 0.15) is 11.5 Å². The van der Waals surface area contributed by atoms with Crippen molar-refractivity contribution in [3.05, 3.63) is 63.9 Å². The molecular formula is C22H19N3O5. The Morgan fingerprint density at radius 3 is 2.37 bits per heavy atom. The molecule has 8 nitrogen and oxygen atoms in total. The van der Waals surface area contributed by atoms with Gasteiger partial charge in [-0.2, -0.15) is 10.1 Å². The van der Waals surface area contributed by atoms with Crippen LogP contribution in [0.4, 0.5) is 5.69 Å². The number of carbonyl (C=O) groups is 2. The number of hydrazone groups is 1. The van der Waals surface area contributed by atoms with Gasteiger partial charge in [-0.25, -0.2) is 0 Å². The second-order valence-corrected chi connectivity index (χ2v) is 8.03. The maximum Gasteiger partial charge on any atom is 0.273 e. The van der Waals surface area contributed by atoms with E-state index in [4.69, 9.17) is 4.42 Å². The van der Waals surface area contributed by atoms with Gasteiger partial charge in [0, 0.05) is 17.2 Å². The Hall–Kier alpha value is -3.55. The predicted molar refractivity (Wildman–Crippen MR) is 107 cm³/mol. The summed E-state index contributed by atoms with van der Waals surface area (Å²) >= 11 is 0. The summed E-state index contributed by atoms with van der Waals surface area (Å²) in [5.41, 5.74) is 1.14. The SMILES string of the molecule is Cc1ccc(-c2ccc(/C=N\N3C(=O)[C@H]4[C@H](C3=O)[C@H]3C=C[C@H]4CC3)o2)cc1[N+](=O)[O-]. The molecule has 8 heteroatoms. The van der Waals surface area contributed by atoms with Crippen LogP contribution in [0.3, 0.4) is 0 Å². The molecule has 0 unspecified atom stereocenters. The summed E-state index contributed by atoms with van der Waals surface area (Å²) in [6, 6.07) is 8.18. The molecule has 2 amide bonds. The van der Waals surface area contributed by atoms with Gasteiger partial charge in [-0.05, 0) is 43.7 Å². The number of hydrogen-bond acceptors (Lipinski definition) is 6. The van der Waals surface area contributed by atoms with E-state index in [0.717, 1.165) is 17.9 Å². The van der Waals surface area contributed by atoms with Crippen molar-refractivity contribution in [1.82, 2.24) is 5.01 Å². The van der Waals surface area contributed by atoms with Gasteiger partial charge in [0.15, 0.2) is 0 Å². The summed E-state index contributed by atoms with van der Waals surface area (Å²) in [5, 5.41) is 16.3. The highest BCUT2D eigenvalue weighted by Gasteiger charge is 2.56. The van der Waals surface area contributed by atoms with Crippen LogP contribution in [0.5, 0.6) is 0 Å². The second-order valence-electron chi connectivity index (χ2n) is 8.03. The number of carbonyl (C=O) groups excluding carboxylic acids is 2. The highest BCUT2D eigenvalue weighted by Crippen LogP contribution is 2.49. The van der Waals surface area contributed by atoms with Gasteiger partial charge in [-0.3, -0.25) is 19.7 Å². The van der Waals surface area contributed by atoms with Crippen molar-refractivity contribution in [2.45, 2.75) is 19.8 Å². The number of nitro benzene ring substituents is 1. The molecule has 3 aliphatic carbocycles. The molecular weight excluding hydrogens is 386 g/mol. The molecule has 0 N–H and O–H groups in total. The molecule has 6 rings (SSSR count). The lowest BCUT2D eigenvalue weighted by atomic mass is 9.63. The van der Waals surface area contributed by atoms with Crippen LogP contribution < -0.4 is 0 Å². The highest BCUT2D eigenvalue weighted by molar-refractivity contribution is 6.06. The first-order valence-corrected chi connectivity index (χ1v) is 9.89. The van der Waals surface area contributed by atoms with Crippen molar-refractivity contribution in [1.29, 1.82) is 0 Å². The van der Waals surface area contributed by atoms with E-state index < -0.39 is 4.92 Å². The molecule has 2 heterocycles. The Bertz CT molecular complexity index is 1100. The number of hydrogen-bond donors (Lipinski definition) is 0. The standard InChI is InChI=1S/C22H19N3O5/c1-12-2-3-15(10-17(12)25(28)29)18-9-8-16(30-18)11-23-24-21(26)19-13-4-5-14(7-6-13)20(19)22(24)27/h2-5,8-11,13-14,19-20H,6-7H2,1H3/b23-11-/t13-,14-,19+,20+/m0/s1. The lowest BCUT2D eigenvalue weighted by Gasteiger charge is -2.37. The minimum Gasteiger partial charge on any atom is -0.455 e. The van der Waals surface area contributed by atoms with Gasteiger partial charge in [0.25, 0.3) is 17.5 Å². The van der Waals surface area contributed by atoms with E-state index in [1.54, 1.807) is 31.2 Å². The fraction of sp³-hybridized carbons (Fsp3) is 0.318. The molecule has 1 aliphatic heterocycles. The fourth-order valence-electron chi connectivity index (χ4n) is 4.82. The zero-order chi connectivity index (χ0) is 21.0. The van der Waals surface area contributed by atoms with Crippen molar-refractivity contribution in [2.24, 2.45) is 28.8 Å². The fourth-order valence-corrected chi connectivity index (χ4v) is 4.82. The predicted octanol–water partition coefficient (Wildman–Crippen LogP) is 3.69. The van der Waals surface area contributed by atoms with Crippen molar-refractivity contribution < 1.29 is 18.9 Å². The number of rotatable bonds is 4. The Kier molecular flexibility index (Phi) is 4.16. The van der Waals surface area contributed by atoms with E-state index in [1.165, 1.54) is 12.3 Å². The summed E-state index contributed by atoms with van der Waals surface area (Å²) in [5.74, 6) is -0.0902. The van der Waals surface area contributed by atoms with Crippen molar-refractivity contribution in [2.75, 3.05) is 0 Å². The summed E-state index contributed by atoms with van der Waals surface area (Å²) in [6.07, 6.45) is 7.33. The molecule has 1 aromatic heterocycles. The molecule has 2 bridgehead atoms. The molecule has 0 spiro atoms. The number of amides is 2. The van der Waals surface area contributed by atoms with Crippen LogP contribution in [0.2, 0.25) is 0 Å².